The van der Waals surface area contributed by atoms with Gasteiger partial charge in [0.15, 0.2) is 0 Å². The van der Waals surface area contributed by atoms with Crippen molar-refractivity contribution in [2.45, 2.75) is 6.10 Å². The largest absolute Gasteiger partial charge is 0.382 e. The summed E-state index contributed by atoms with van der Waals surface area (Å²) in [7, 11) is -0.0914. The van der Waals surface area contributed by atoms with Crippen molar-refractivity contribution in [3.63, 3.8) is 0 Å². The summed E-state index contributed by atoms with van der Waals surface area (Å²) in [4.78, 5) is 0. The van der Waals surface area contributed by atoms with Crippen LogP contribution in [-0.4, -0.2) is 48.1 Å². The second-order valence-corrected chi connectivity index (χ2v) is 4.27. The Morgan fingerprint density at radius 2 is 2.00 bits per heavy atom. The maximum atomic E-state index is 10.6. The summed E-state index contributed by atoms with van der Waals surface area (Å²) < 4.78 is 33.4. The van der Waals surface area contributed by atoms with Crippen molar-refractivity contribution in [2.75, 3.05) is 33.6 Å². The van der Waals surface area contributed by atoms with Crippen LogP contribution in [0.15, 0.2) is 0 Å². The lowest BCUT2D eigenvalue weighted by Crippen LogP contribution is -2.34. The molecule has 0 spiro atoms. The van der Waals surface area contributed by atoms with Crippen molar-refractivity contribution in [1.29, 1.82) is 0 Å². The van der Waals surface area contributed by atoms with E-state index < -0.39 is 10.0 Å². The van der Waals surface area contributed by atoms with Crippen molar-refractivity contribution in [3.05, 3.63) is 0 Å². The van der Waals surface area contributed by atoms with E-state index in [1.807, 2.05) is 0 Å². The van der Waals surface area contributed by atoms with Crippen LogP contribution in [0.4, 0.5) is 0 Å². The zero-order valence-electron chi connectivity index (χ0n) is 7.53. The van der Waals surface area contributed by atoms with Crippen LogP contribution in [0.25, 0.3) is 0 Å². The first kappa shape index (κ1) is 11.8. The minimum atomic E-state index is -3.13. The normalized spacial score (nSPS) is 14.6. The molecule has 0 aliphatic carbocycles. The Balaban J connectivity index is 3.73. The summed E-state index contributed by atoms with van der Waals surface area (Å²) in [5, 5.41) is 0. The zero-order valence-corrected chi connectivity index (χ0v) is 8.35. The van der Waals surface area contributed by atoms with Crippen LogP contribution in [0, 0.1) is 0 Å². The minimum absolute atomic E-state index is 0.232. The molecule has 1 atom stereocenters. The predicted octanol–water partition coefficient (Wildman–Crippen LogP) is -0.803. The van der Waals surface area contributed by atoms with Gasteiger partial charge in [-0.25, -0.2) is 13.1 Å². The van der Waals surface area contributed by atoms with Gasteiger partial charge in [0.2, 0.25) is 10.0 Å². The molecule has 1 unspecified atom stereocenters. The Morgan fingerprint density at radius 1 is 1.42 bits per heavy atom. The highest BCUT2D eigenvalue weighted by atomic mass is 32.2. The molecule has 0 aromatic heterocycles. The first-order valence-electron chi connectivity index (χ1n) is 3.46. The van der Waals surface area contributed by atoms with Gasteiger partial charge in [-0.15, -0.1) is 0 Å². The Bertz CT molecular complexity index is 202. The van der Waals surface area contributed by atoms with Crippen LogP contribution < -0.4 is 4.72 Å². The monoisotopic (exact) mass is 197 g/mol. The molecule has 0 aliphatic rings. The van der Waals surface area contributed by atoms with Crippen molar-refractivity contribution in [3.8, 4) is 0 Å². The van der Waals surface area contributed by atoms with Crippen LogP contribution in [0.2, 0.25) is 0 Å². The van der Waals surface area contributed by atoms with E-state index in [-0.39, 0.29) is 12.6 Å². The van der Waals surface area contributed by atoms with E-state index in [1.165, 1.54) is 14.2 Å². The first-order valence-corrected chi connectivity index (χ1v) is 5.35. The summed E-state index contributed by atoms with van der Waals surface area (Å²) in [5.74, 6) is 0. The minimum Gasteiger partial charge on any atom is -0.382 e. The number of nitrogens with one attached hydrogen (secondary N) is 1. The van der Waals surface area contributed by atoms with Gasteiger partial charge in [-0.2, -0.15) is 0 Å². The van der Waals surface area contributed by atoms with Gasteiger partial charge in [0.05, 0.1) is 19.0 Å². The van der Waals surface area contributed by atoms with E-state index in [1.54, 1.807) is 0 Å². The van der Waals surface area contributed by atoms with Crippen LogP contribution in [0.5, 0.6) is 0 Å². The van der Waals surface area contributed by atoms with Gasteiger partial charge < -0.3 is 9.47 Å². The average Bonchev–Trinajstić information content (AvgIpc) is 1.96. The molecule has 0 saturated heterocycles. The van der Waals surface area contributed by atoms with Gasteiger partial charge in [0.1, 0.15) is 0 Å². The summed E-state index contributed by atoms with van der Waals surface area (Å²) in [6.45, 7) is 0.613. The molecule has 74 valence electrons. The number of hydrogen-bond donors (Lipinski definition) is 1. The van der Waals surface area contributed by atoms with Crippen molar-refractivity contribution >= 4 is 10.0 Å². The van der Waals surface area contributed by atoms with Gasteiger partial charge in [0.25, 0.3) is 0 Å². The van der Waals surface area contributed by atoms with E-state index in [0.29, 0.717) is 6.61 Å². The third-order valence-electron chi connectivity index (χ3n) is 1.26. The second kappa shape index (κ2) is 5.47. The molecule has 0 amide bonds. The highest BCUT2D eigenvalue weighted by molar-refractivity contribution is 7.88. The van der Waals surface area contributed by atoms with Crippen LogP contribution in [-0.2, 0) is 19.5 Å². The fourth-order valence-corrected chi connectivity index (χ4v) is 1.13. The predicted molar refractivity (Wildman–Crippen MR) is 45.5 cm³/mol. The molecule has 12 heavy (non-hydrogen) atoms. The Morgan fingerprint density at radius 3 is 2.33 bits per heavy atom. The van der Waals surface area contributed by atoms with Crippen LogP contribution in [0.3, 0.4) is 0 Å². The summed E-state index contributed by atoms with van der Waals surface area (Å²) in [5.41, 5.74) is 0. The molecular weight excluding hydrogens is 182 g/mol. The molecule has 0 aliphatic heterocycles. The molecule has 0 fully saturated rings. The van der Waals surface area contributed by atoms with Gasteiger partial charge in [-0.3, -0.25) is 0 Å². The smallest absolute Gasteiger partial charge is 0.208 e. The standard InChI is InChI=1S/C6H15NO4S/c1-10-5-6(11-2)4-7-12(3,8)9/h6-7H,4-5H2,1-3H3. The van der Waals surface area contributed by atoms with Crippen molar-refractivity contribution in [2.24, 2.45) is 0 Å². The first-order chi connectivity index (χ1) is 5.49. The second-order valence-electron chi connectivity index (χ2n) is 2.43. The maximum absolute atomic E-state index is 10.6. The third kappa shape index (κ3) is 6.53. The highest BCUT2D eigenvalue weighted by Gasteiger charge is 2.09. The van der Waals surface area contributed by atoms with E-state index in [9.17, 15) is 8.42 Å². The average molecular weight is 197 g/mol. The van der Waals surface area contributed by atoms with E-state index in [2.05, 4.69) is 4.72 Å². The lowest BCUT2D eigenvalue weighted by atomic mass is 10.4. The molecule has 0 heterocycles. The quantitative estimate of drug-likeness (QED) is 0.605. The van der Waals surface area contributed by atoms with Crippen LogP contribution in [0.1, 0.15) is 0 Å². The molecule has 0 radical (unpaired) electrons. The summed E-state index contributed by atoms with van der Waals surface area (Å²) in [6.07, 6.45) is 0.872. The molecule has 0 rings (SSSR count). The lowest BCUT2D eigenvalue weighted by molar-refractivity contribution is 0.0320. The SMILES string of the molecule is COCC(CNS(C)(=O)=O)OC. The maximum Gasteiger partial charge on any atom is 0.208 e. The molecule has 1 N–H and O–H groups in total. The van der Waals surface area contributed by atoms with Crippen LogP contribution >= 0.6 is 0 Å². The number of ether oxygens (including phenoxy) is 2. The molecule has 0 aromatic carbocycles. The van der Waals surface area contributed by atoms with Gasteiger partial charge in [-0.05, 0) is 0 Å². The Kier molecular flexibility index (Phi) is 5.39. The molecule has 5 nitrogen and oxygen atoms in total. The molecule has 0 aromatic rings. The molecule has 6 heteroatoms. The van der Waals surface area contributed by atoms with Crippen molar-refractivity contribution in [1.82, 2.24) is 4.72 Å². The highest BCUT2D eigenvalue weighted by Crippen LogP contribution is 1.89. The van der Waals surface area contributed by atoms with E-state index in [4.69, 9.17) is 9.47 Å². The summed E-state index contributed by atoms with van der Waals surface area (Å²) >= 11 is 0. The number of hydrogen-bond acceptors (Lipinski definition) is 4. The number of methoxy groups -OCH3 is 2. The molecular formula is C6H15NO4S. The Hall–Kier alpha value is -0.170. The lowest BCUT2D eigenvalue weighted by Gasteiger charge is -2.13. The van der Waals surface area contributed by atoms with E-state index >= 15 is 0 Å². The fraction of sp³-hybridized carbons (Fsp3) is 1.00. The number of rotatable bonds is 6. The van der Waals surface area contributed by atoms with Crippen molar-refractivity contribution < 1.29 is 17.9 Å². The zero-order chi connectivity index (χ0) is 9.61. The number of sulfonamides is 1. The topological polar surface area (TPSA) is 64.6 Å². The van der Waals surface area contributed by atoms with Gasteiger partial charge in [-0.1, -0.05) is 0 Å². The van der Waals surface area contributed by atoms with Gasteiger partial charge in [0, 0.05) is 20.8 Å². The Labute approximate surface area is 73.1 Å². The fourth-order valence-electron chi connectivity index (χ4n) is 0.641. The molecule has 0 bridgehead atoms. The van der Waals surface area contributed by atoms with E-state index in [0.717, 1.165) is 6.26 Å². The third-order valence-corrected chi connectivity index (χ3v) is 1.95. The summed E-state index contributed by atoms with van der Waals surface area (Å²) in [6, 6.07) is 0. The van der Waals surface area contributed by atoms with Gasteiger partial charge >= 0.3 is 0 Å². The molecule has 0 saturated carbocycles.